The number of hydrogen-bond donors (Lipinski definition) is 0. The predicted octanol–water partition coefficient (Wildman–Crippen LogP) is 5.38. The topological polar surface area (TPSA) is 0 Å². The second kappa shape index (κ2) is 7.00. The van der Waals surface area contributed by atoms with Gasteiger partial charge in [-0.3, -0.25) is 0 Å². The van der Waals surface area contributed by atoms with E-state index < -0.39 is 0 Å². The lowest BCUT2D eigenvalue weighted by Gasteiger charge is -2.06. The highest BCUT2D eigenvalue weighted by Crippen LogP contribution is 2.20. The Labute approximate surface area is 118 Å². The summed E-state index contributed by atoms with van der Waals surface area (Å²) in [5, 5.41) is 2.81. The van der Waals surface area contributed by atoms with Crippen LogP contribution in [0.2, 0.25) is 0 Å². The molecule has 0 heterocycles. The standard InChI is InChI=1S/C16H19I/c17-13-6-2-1-3-8-14-10-7-11-15-9-4-5-12-16(14)15/h4-5,7,9-12H,1-3,6,8,13H2. The third-order valence-electron chi connectivity index (χ3n) is 3.21. The first kappa shape index (κ1) is 12.9. The highest BCUT2D eigenvalue weighted by atomic mass is 127. The summed E-state index contributed by atoms with van der Waals surface area (Å²) >= 11 is 2.46. The van der Waals surface area contributed by atoms with Gasteiger partial charge in [0.2, 0.25) is 0 Å². The van der Waals surface area contributed by atoms with Gasteiger partial charge in [-0.2, -0.15) is 0 Å². The number of fused-ring (bicyclic) bond motifs is 1. The van der Waals surface area contributed by atoms with Crippen molar-refractivity contribution in [3.05, 3.63) is 48.0 Å². The molecule has 2 aromatic rings. The van der Waals surface area contributed by atoms with Crippen LogP contribution in [0.3, 0.4) is 0 Å². The monoisotopic (exact) mass is 338 g/mol. The van der Waals surface area contributed by atoms with E-state index in [2.05, 4.69) is 65.1 Å². The highest BCUT2D eigenvalue weighted by Gasteiger charge is 1.99. The van der Waals surface area contributed by atoms with E-state index in [1.807, 2.05) is 0 Å². The van der Waals surface area contributed by atoms with Crippen molar-refractivity contribution in [1.82, 2.24) is 0 Å². The molecule has 0 aliphatic rings. The molecule has 0 spiro atoms. The number of halogens is 1. The van der Waals surface area contributed by atoms with Crippen LogP contribution in [0.1, 0.15) is 31.2 Å². The van der Waals surface area contributed by atoms with Gasteiger partial charge in [0.05, 0.1) is 0 Å². The van der Waals surface area contributed by atoms with Gasteiger partial charge in [0.1, 0.15) is 0 Å². The third kappa shape index (κ3) is 3.70. The first-order valence-corrected chi connectivity index (χ1v) is 7.97. The fourth-order valence-corrected chi connectivity index (χ4v) is 2.81. The van der Waals surface area contributed by atoms with Crippen molar-refractivity contribution >= 4 is 33.4 Å². The van der Waals surface area contributed by atoms with Gasteiger partial charge in [0, 0.05) is 0 Å². The van der Waals surface area contributed by atoms with Crippen LogP contribution in [0.25, 0.3) is 10.8 Å². The fraction of sp³-hybridized carbons (Fsp3) is 0.375. The van der Waals surface area contributed by atoms with E-state index in [0.29, 0.717) is 0 Å². The largest absolute Gasteiger partial charge is 0.0864 e. The zero-order valence-electron chi connectivity index (χ0n) is 10.2. The zero-order valence-corrected chi connectivity index (χ0v) is 12.3. The molecule has 2 rings (SSSR count). The van der Waals surface area contributed by atoms with Gasteiger partial charge in [-0.15, -0.1) is 0 Å². The fourth-order valence-electron chi connectivity index (χ4n) is 2.27. The Morgan fingerprint density at radius 2 is 1.53 bits per heavy atom. The summed E-state index contributed by atoms with van der Waals surface area (Å²) in [6, 6.07) is 15.4. The molecule has 17 heavy (non-hydrogen) atoms. The lowest BCUT2D eigenvalue weighted by molar-refractivity contribution is 0.674. The number of benzene rings is 2. The van der Waals surface area contributed by atoms with Crippen molar-refractivity contribution in [2.75, 3.05) is 4.43 Å². The number of aryl methyl sites for hydroxylation is 1. The van der Waals surface area contributed by atoms with Crippen LogP contribution in [0, 0.1) is 0 Å². The molecular weight excluding hydrogens is 319 g/mol. The Morgan fingerprint density at radius 1 is 0.765 bits per heavy atom. The van der Waals surface area contributed by atoms with Crippen molar-refractivity contribution < 1.29 is 0 Å². The minimum absolute atomic E-state index is 1.22. The summed E-state index contributed by atoms with van der Waals surface area (Å²) in [5.41, 5.74) is 1.51. The van der Waals surface area contributed by atoms with Crippen LogP contribution < -0.4 is 0 Å². The molecule has 0 radical (unpaired) electrons. The van der Waals surface area contributed by atoms with E-state index in [1.165, 1.54) is 52.9 Å². The average molecular weight is 338 g/mol. The van der Waals surface area contributed by atoms with E-state index in [-0.39, 0.29) is 0 Å². The molecule has 0 bridgehead atoms. The predicted molar refractivity (Wildman–Crippen MR) is 85.0 cm³/mol. The van der Waals surface area contributed by atoms with Gasteiger partial charge >= 0.3 is 0 Å². The Bertz CT molecular complexity index is 457. The second-order valence-electron chi connectivity index (χ2n) is 4.49. The summed E-state index contributed by atoms with van der Waals surface area (Å²) in [6.45, 7) is 0. The molecule has 0 saturated heterocycles. The molecule has 0 atom stereocenters. The van der Waals surface area contributed by atoms with Crippen LogP contribution in [-0.2, 0) is 6.42 Å². The summed E-state index contributed by atoms with van der Waals surface area (Å²) in [7, 11) is 0. The maximum absolute atomic E-state index is 2.46. The molecule has 0 nitrogen and oxygen atoms in total. The first-order valence-electron chi connectivity index (χ1n) is 6.44. The number of rotatable bonds is 6. The Hall–Kier alpha value is -0.570. The minimum atomic E-state index is 1.22. The van der Waals surface area contributed by atoms with Gasteiger partial charge in [-0.1, -0.05) is 77.9 Å². The summed E-state index contributed by atoms with van der Waals surface area (Å²) in [6.07, 6.45) is 6.67. The Kier molecular flexibility index (Phi) is 5.30. The van der Waals surface area contributed by atoms with Gasteiger partial charge in [0.25, 0.3) is 0 Å². The van der Waals surface area contributed by atoms with E-state index >= 15 is 0 Å². The van der Waals surface area contributed by atoms with Crippen LogP contribution in [0.15, 0.2) is 42.5 Å². The molecule has 0 fully saturated rings. The van der Waals surface area contributed by atoms with Gasteiger partial charge in [0.15, 0.2) is 0 Å². The van der Waals surface area contributed by atoms with Crippen molar-refractivity contribution in [2.45, 2.75) is 32.1 Å². The molecule has 0 saturated carbocycles. The Morgan fingerprint density at radius 3 is 2.41 bits per heavy atom. The van der Waals surface area contributed by atoms with Gasteiger partial charge in [-0.25, -0.2) is 0 Å². The van der Waals surface area contributed by atoms with Crippen molar-refractivity contribution in [1.29, 1.82) is 0 Å². The molecular formula is C16H19I. The summed E-state index contributed by atoms with van der Waals surface area (Å²) < 4.78 is 1.30. The van der Waals surface area contributed by atoms with E-state index in [0.717, 1.165) is 0 Å². The molecule has 90 valence electrons. The smallest absolute Gasteiger partial charge is 0.000473 e. The van der Waals surface area contributed by atoms with Crippen molar-refractivity contribution in [3.8, 4) is 0 Å². The lowest BCUT2D eigenvalue weighted by atomic mass is 9.99. The lowest BCUT2D eigenvalue weighted by Crippen LogP contribution is -1.88. The van der Waals surface area contributed by atoms with Crippen LogP contribution in [0.5, 0.6) is 0 Å². The van der Waals surface area contributed by atoms with E-state index in [1.54, 1.807) is 0 Å². The highest BCUT2D eigenvalue weighted by molar-refractivity contribution is 14.1. The second-order valence-corrected chi connectivity index (χ2v) is 5.57. The molecule has 0 aromatic heterocycles. The number of hydrogen-bond acceptors (Lipinski definition) is 0. The van der Waals surface area contributed by atoms with Crippen molar-refractivity contribution in [2.24, 2.45) is 0 Å². The van der Waals surface area contributed by atoms with Gasteiger partial charge in [-0.05, 0) is 40.0 Å². The summed E-state index contributed by atoms with van der Waals surface area (Å²) in [4.78, 5) is 0. The SMILES string of the molecule is ICCCCCCc1cccc2ccccc12. The van der Waals surface area contributed by atoms with E-state index in [9.17, 15) is 0 Å². The molecule has 0 amide bonds. The number of alkyl halides is 1. The molecule has 0 unspecified atom stereocenters. The molecule has 0 aliphatic heterocycles. The maximum atomic E-state index is 2.46. The third-order valence-corrected chi connectivity index (χ3v) is 3.97. The number of unbranched alkanes of at least 4 members (excludes halogenated alkanes) is 3. The first-order chi connectivity index (χ1) is 8.42. The van der Waals surface area contributed by atoms with Crippen molar-refractivity contribution in [3.63, 3.8) is 0 Å². The van der Waals surface area contributed by atoms with E-state index in [4.69, 9.17) is 0 Å². The quantitative estimate of drug-likeness (QED) is 0.377. The molecule has 2 aromatic carbocycles. The maximum Gasteiger partial charge on any atom is -0.000473 e. The van der Waals surface area contributed by atoms with Crippen LogP contribution >= 0.6 is 22.6 Å². The van der Waals surface area contributed by atoms with Gasteiger partial charge < -0.3 is 0 Å². The van der Waals surface area contributed by atoms with Crippen LogP contribution in [-0.4, -0.2) is 4.43 Å². The van der Waals surface area contributed by atoms with Crippen LogP contribution in [0.4, 0.5) is 0 Å². The zero-order chi connectivity index (χ0) is 11.9. The Balaban J connectivity index is 1.98. The molecule has 0 N–H and O–H groups in total. The average Bonchev–Trinajstić information content (AvgIpc) is 2.39. The molecule has 1 heteroatoms. The molecule has 0 aliphatic carbocycles. The minimum Gasteiger partial charge on any atom is -0.0864 e. The summed E-state index contributed by atoms with van der Waals surface area (Å²) in [5.74, 6) is 0. The normalized spacial score (nSPS) is 10.9.